The van der Waals surface area contributed by atoms with E-state index in [9.17, 15) is 9.70 Å². The molecule has 2 aliphatic rings. The number of hydrogen-bond donors (Lipinski definition) is 0. The highest BCUT2D eigenvalue weighted by atomic mass is 16.5. The van der Waals surface area contributed by atoms with Gasteiger partial charge in [0.05, 0.1) is 11.3 Å². The Bertz CT molecular complexity index is 911. The summed E-state index contributed by atoms with van der Waals surface area (Å²) in [7, 11) is 0. The molecule has 0 saturated heterocycles. The van der Waals surface area contributed by atoms with Crippen molar-refractivity contribution in [3.05, 3.63) is 39.5 Å². The Labute approximate surface area is 150 Å². The first-order chi connectivity index (χ1) is 12.5. The quantitative estimate of drug-likeness (QED) is 0.618. The third-order valence-corrected chi connectivity index (χ3v) is 5.28. The number of rotatable bonds is 4. The minimum atomic E-state index is -0.470. The molecule has 136 valence electrons. The van der Waals surface area contributed by atoms with Gasteiger partial charge in [0.15, 0.2) is 5.82 Å². The van der Waals surface area contributed by atoms with Crippen molar-refractivity contribution >= 4 is 11.7 Å². The van der Waals surface area contributed by atoms with Crippen molar-refractivity contribution in [1.29, 1.82) is 0 Å². The van der Waals surface area contributed by atoms with E-state index in [4.69, 9.17) is 4.74 Å². The maximum absolute atomic E-state index is 12.5. The van der Waals surface area contributed by atoms with Crippen molar-refractivity contribution in [3.8, 4) is 0 Å². The van der Waals surface area contributed by atoms with E-state index < -0.39 is 5.97 Å². The maximum Gasteiger partial charge on any atom is 0.336 e. The number of esters is 1. The second kappa shape index (κ2) is 6.59. The maximum atomic E-state index is 12.5. The molecule has 8 nitrogen and oxygen atoms in total. The van der Waals surface area contributed by atoms with Crippen molar-refractivity contribution in [3.63, 3.8) is 0 Å². The second-order valence-electron chi connectivity index (χ2n) is 7.16. The van der Waals surface area contributed by atoms with Crippen LogP contribution < -0.4 is 0 Å². The number of fused-ring (bicyclic) bond motifs is 1. The van der Waals surface area contributed by atoms with Crippen LogP contribution in [-0.2, 0) is 16.0 Å². The molecule has 26 heavy (non-hydrogen) atoms. The van der Waals surface area contributed by atoms with E-state index in [0.717, 1.165) is 37.1 Å². The van der Waals surface area contributed by atoms with Crippen LogP contribution >= 0.6 is 0 Å². The van der Waals surface area contributed by atoms with Gasteiger partial charge in [-0.3, -0.25) is 0 Å². The molecule has 1 aliphatic carbocycles. The second-order valence-corrected chi connectivity index (χ2v) is 7.16. The van der Waals surface area contributed by atoms with Gasteiger partial charge in [-0.05, 0) is 43.9 Å². The summed E-state index contributed by atoms with van der Waals surface area (Å²) >= 11 is 0. The van der Waals surface area contributed by atoms with Crippen molar-refractivity contribution in [2.24, 2.45) is 11.1 Å². The van der Waals surface area contributed by atoms with Gasteiger partial charge in [0, 0.05) is 24.2 Å². The molecule has 8 heteroatoms. The lowest BCUT2D eigenvalue weighted by molar-refractivity contribution is -0.148. The monoisotopic (exact) mass is 355 g/mol. The first-order valence-corrected chi connectivity index (χ1v) is 9.01. The fourth-order valence-corrected chi connectivity index (χ4v) is 3.98. The van der Waals surface area contributed by atoms with Gasteiger partial charge in [-0.2, -0.15) is 4.98 Å². The van der Waals surface area contributed by atoms with Crippen LogP contribution in [0.15, 0.2) is 22.5 Å². The number of cyclic esters (lactones) is 1. The number of aryl methyl sites for hydroxylation is 2. The highest BCUT2D eigenvalue weighted by Crippen LogP contribution is 2.36. The normalized spacial score (nSPS) is 21.5. The van der Waals surface area contributed by atoms with Crippen LogP contribution in [0.5, 0.6) is 0 Å². The molecule has 3 heterocycles. The molecular weight excluding hydrogens is 334 g/mol. The van der Waals surface area contributed by atoms with Crippen LogP contribution in [0, 0.1) is 24.7 Å². The minimum Gasteiger partial charge on any atom is -0.458 e. The van der Waals surface area contributed by atoms with Gasteiger partial charge in [-0.25, -0.2) is 14.3 Å². The molecular formula is C18H21N5O3. The average Bonchev–Trinajstić information content (AvgIpc) is 3.26. The summed E-state index contributed by atoms with van der Waals surface area (Å²) in [6.45, 7) is 3.80. The van der Waals surface area contributed by atoms with Gasteiger partial charge in [-0.1, -0.05) is 12.8 Å². The summed E-state index contributed by atoms with van der Waals surface area (Å²) in [6, 6.07) is 1.91. The number of nitrogens with zero attached hydrogens (tertiary/aromatic N) is 5. The Balaban J connectivity index is 1.62. The van der Waals surface area contributed by atoms with Crippen molar-refractivity contribution < 1.29 is 9.53 Å². The Hall–Kier alpha value is -2.64. The minimum absolute atomic E-state index is 0.124. The summed E-state index contributed by atoms with van der Waals surface area (Å²) in [5, 5.41) is 7.54. The molecule has 1 atom stereocenters. The van der Waals surface area contributed by atoms with Gasteiger partial charge in [0.1, 0.15) is 6.10 Å². The molecule has 0 radical (unpaired) electrons. The fraction of sp³-hybridized carbons (Fsp3) is 0.556. The molecule has 0 amide bonds. The summed E-state index contributed by atoms with van der Waals surface area (Å²) < 4.78 is 7.26. The molecule has 1 aliphatic heterocycles. The third kappa shape index (κ3) is 3.00. The summed E-state index contributed by atoms with van der Waals surface area (Å²) in [6.07, 6.45) is 4.65. The lowest BCUT2D eigenvalue weighted by atomic mass is 9.92. The van der Waals surface area contributed by atoms with E-state index >= 15 is 0 Å². The number of ether oxygens (including phenoxy) is 1. The molecule has 1 unspecified atom stereocenters. The third-order valence-electron chi connectivity index (χ3n) is 5.28. The van der Waals surface area contributed by atoms with Gasteiger partial charge in [-0.15, -0.1) is 10.0 Å². The molecule has 4 rings (SSSR count). The Morgan fingerprint density at radius 1 is 1.27 bits per heavy atom. The summed E-state index contributed by atoms with van der Waals surface area (Å²) in [5.41, 5.74) is 2.29. The van der Waals surface area contributed by atoms with Gasteiger partial charge < -0.3 is 4.74 Å². The largest absolute Gasteiger partial charge is 0.458 e. The molecule has 0 bridgehead atoms. The van der Waals surface area contributed by atoms with Crippen LogP contribution in [-0.4, -0.2) is 31.7 Å². The first-order valence-electron chi connectivity index (χ1n) is 9.01. The van der Waals surface area contributed by atoms with Crippen LogP contribution in [0.2, 0.25) is 0 Å². The standard InChI is InChI=1S/C18H21N5O3/c1-10-7-11(2)23-18(19-10)20-16(21-23)8-13-14(22-25)9-15(26-17(13)24)12-5-3-4-6-12/h7,12,15H,3-6,8-9H2,1-2H3. The molecule has 2 aromatic rings. The molecule has 1 saturated carbocycles. The predicted octanol–water partition coefficient (Wildman–Crippen LogP) is 2.81. The van der Waals surface area contributed by atoms with Crippen molar-refractivity contribution in [1.82, 2.24) is 19.6 Å². The van der Waals surface area contributed by atoms with Gasteiger partial charge in [0.25, 0.3) is 5.78 Å². The summed E-state index contributed by atoms with van der Waals surface area (Å²) in [5.74, 6) is 0.771. The number of carbonyl (C=O) groups excluding carboxylic acids is 1. The zero-order valence-corrected chi connectivity index (χ0v) is 14.9. The Morgan fingerprint density at radius 3 is 2.77 bits per heavy atom. The zero-order chi connectivity index (χ0) is 18.3. The molecule has 1 fully saturated rings. The zero-order valence-electron chi connectivity index (χ0n) is 14.9. The molecule has 0 spiro atoms. The van der Waals surface area contributed by atoms with E-state index in [1.54, 1.807) is 4.52 Å². The van der Waals surface area contributed by atoms with Gasteiger partial charge in [0.2, 0.25) is 0 Å². The predicted molar refractivity (Wildman–Crippen MR) is 93.2 cm³/mol. The number of aromatic nitrogens is 4. The number of nitroso groups, excluding NO2 is 1. The fourth-order valence-electron chi connectivity index (χ4n) is 3.98. The van der Waals surface area contributed by atoms with E-state index in [2.05, 4.69) is 20.2 Å². The van der Waals surface area contributed by atoms with Crippen LogP contribution in [0.3, 0.4) is 0 Å². The van der Waals surface area contributed by atoms with Crippen molar-refractivity contribution in [2.45, 2.75) is 58.5 Å². The smallest absolute Gasteiger partial charge is 0.336 e. The number of carbonyl (C=O) groups is 1. The topological polar surface area (TPSA) is 98.8 Å². The first kappa shape index (κ1) is 16.8. The van der Waals surface area contributed by atoms with Crippen LogP contribution in [0.1, 0.15) is 49.3 Å². The SMILES string of the molecule is Cc1cc(C)n2nc(CC3=C(N=O)CC(C4CCCC4)OC3=O)nc2n1. The highest BCUT2D eigenvalue weighted by molar-refractivity contribution is 5.90. The van der Waals surface area contributed by atoms with Crippen molar-refractivity contribution in [2.75, 3.05) is 0 Å². The Kier molecular flexibility index (Phi) is 4.26. The number of hydrogen-bond acceptors (Lipinski definition) is 7. The van der Waals surface area contributed by atoms with E-state index in [0.29, 0.717) is 23.9 Å². The lowest BCUT2D eigenvalue weighted by Gasteiger charge is -2.28. The van der Waals surface area contributed by atoms with Crippen LogP contribution in [0.25, 0.3) is 5.78 Å². The molecule has 0 aromatic carbocycles. The van der Waals surface area contributed by atoms with E-state index in [1.807, 2.05) is 19.9 Å². The Morgan fingerprint density at radius 2 is 2.04 bits per heavy atom. The lowest BCUT2D eigenvalue weighted by Crippen LogP contribution is -2.32. The summed E-state index contributed by atoms with van der Waals surface area (Å²) in [4.78, 5) is 32.6. The molecule has 0 N–H and O–H groups in total. The van der Waals surface area contributed by atoms with E-state index in [-0.39, 0.29) is 23.8 Å². The average molecular weight is 355 g/mol. The highest BCUT2D eigenvalue weighted by Gasteiger charge is 2.36. The van der Waals surface area contributed by atoms with Gasteiger partial charge >= 0.3 is 5.97 Å². The van der Waals surface area contributed by atoms with E-state index in [1.165, 1.54) is 0 Å². The van der Waals surface area contributed by atoms with Crippen LogP contribution in [0.4, 0.5) is 0 Å². The molecule has 2 aromatic heterocycles.